The highest BCUT2D eigenvalue weighted by atomic mass is 32.2. The highest BCUT2D eigenvalue weighted by Gasteiger charge is 2.42. The molecule has 2 aliphatic heterocycles. The summed E-state index contributed by atoms with van der Waals surface area (Å²) in [4.78, 5) is 23.1. The second-order valence-electron chi connectivity index (χ2n) is 6.14. The standard InChI is InChI=1S/C16H24N4O2S/c21-14(17-7-10-20-8-3-4-9-20)6-2-1-5-13-15-12(11-23-13)18-16(22)19-15/h3-4,8-9,12-13,15H,1-2,5-7,10-11H2,(H,17,21)(H2,18,19,22)/t12-,13-,15-/m0/s1. The number of nitrogens with one attached hydrogen (secondary N) is 3. The fraction of sp³-hybridized carbons (Fsp3) is 0.625. The first-order chi connectivity index (χ1) is 11.2. The molecule has 0 radical (unpaired) electrons. The molecule has 3 amide bonds. The molecule has 0 aromatic carbocycles. The summed E-state index contributed by atoms with van der Waals surface area (Å²) in [6.07, 6.45) is 7.57. The minimum Gasteiger partial charge on any atom is -0.354 e. The summed E-state index contributed by atoms with van der Waals surface area (Å²) < 4.78 is 2.05. The number of carbonyl (C=O) groups is 2. The highest BCUT2D eigenvalue weighted by molar-refractivity contribution is 8.00. The third-order valence-electron chi connectivity index (χ3n) is 4.44. The zero-order valence-electron chi connectivity index (χ0n) is 13.2. The Labute approximate surface area is 140 Å². The summed E-state index contributed by atoms with van der Waals surface area (Å²) >= 11 is 1.93. The average Bonchev–Trinajstić information content (AvgIpc) is 3.22. The van der Waals surface area contributed by atoms with Crippen LogP contribution in [-0.2, 0) is 11.3 Å². The van der Waals surface area contributed by atoms with Gasteiger partial charge in [0.1, 0.15) is 0 Å². The number of urea groups is 1. The van der Waals surface area contributed by atoms with Crippen molar-refractivity contribution in [3.8, 4) is 0 Å². The molecule has 2 aliphatic rings. The molecule has 23 heavy (non-hydrogen) atoms. The number of thioether (sulfide) groups is 1. The summed E-state index contributed by atoms with van der Waals surface area (Å²) in [5, 5.41) is 9.40. The van der Waals surface area contributed by atoms with E-state index in [0.717, 1.165) is 31.6 Å². The van der Waals surface area contributed by atoms with E-state index in [-0.39, 0.29) is 24.0 Å². The molecule has 3 N–H and O–H groups in total. The van der Waals surface area contributed by atoms with E-state index in [0.29, 0.717) is 18.2 Å². The monoisotopic (exact) mass is 336 g/mol. The van der Waals surface area contributed by atoms with Gasteiger partial charge in [0.15, 0.2) is 0 Å². The van der Waals surface area contributed by atoms with Crippen molar-refractivity contribution in [2.24, 2.45) is 0 Å². The number of amides is 3. The van der Waals surface area contributed by atoms with Gasteiger partial charge in [0, 0.05) is 42.9 Å². The van der Waals surface area contributed by atoms with Gasteiger partial charge in [0.05, 0.1) is 12.1 Å². The Morgan fingerprint density at radius 3 is 2.96 bits per heavy atom. The van der Waals surface area contributed by atoms with Gasteiger partial charge in [-0.1, -0.05) is 6.42 Å². The molecule has 3 rings (SSSR count). The second-order valence-corrected chi connectivity index (χ2v) is 7.41. The molecule has 0 aliphatic carbocycles. The van der Waals surface area contributed by atoms with Gasteiger partial charge in [-0.3, -0.25) is 4.79 Å². The van der Waals surface area contributed by atoms with Gasteiger partial charge in [-0.05, 0) is 25.0 Å². The largest absolute Gasteiger partial charge is 0.354 e. The SMILES string of the molecule is O=C(CCCC[C@@H]1SC[C@@H]2NC(=O)N[C@@H]21)NCCn1cccc1. The van der Waals surface area contributed by atoms with Crippen LogP contribution < -0.4 is 16.0 Å². The van der Waals surface area contributed by atoms with Crippen LogP contribution in [0.3, 0.4) is 0 Å². The average molecular weight is 336 g/mol. The summed E-state index contributed by atoms with van der Waals surface area (Å²) in [6, 6.07) is 4.48. The third kappa shape index (κ3) is 4.43. The van der Waals surface area contributed by atoms with Gasteiger partial charge >= 0.3 is 6.03 Å². The molecule has 1 aromatic rings. The number of hydrogen-bond acceptors (Lipinski definition) is 3. The molecule has 0 saturated carbocycles. The molecule has 2 saturated heterocycles. The van der Waals surface area contributed by atoms with E-state index >= 15 is 0 Å². The van der Waals surface area contributed by atoms with Gasteiger partial charge in [-0.25, -0.2) is 4.79 Å². The molecule has 6 nitrogen and oxygen atoms in total. The van der Waals surface area contributed by atoms with Crippen molar-refractivity contribution >= 4 is 23.7 Å². The summed E-state index contributed by atoms with van der Waals surface area (Å²) in [5.41, 5.74) is 0. The Balaban J connectivity index is 1.25. The van der Waals surface area contributed by atoms with Crippen LogP contribution in [0, 0.1) is 0 Å². The molecule has 126 valence electrons. The Morgan fingerprint density at radius 2 is 2.13 bits per heavy atom. The lowest BCUT2D eigenvalue weighted by Crippen LogP contribution is -2.36. The predicted octanol–water partition coefficient (Wildman–Crippen LogP) is 1.33. The van der Waals surface area contributed by atoms with Crippen LogP contribution in [0.15, 0.2) is 24.5 Å². The van der Waals surface area contributed by atoms with Crippen molar-refractivity contribution in [3.05, 3.63) is 24.5 Å². The summed E-state index contributed by atoms with van der Waals surface area (Å²) in [7, 11) is 0. The van der Waals surface area contributed by atoms with Crippen molar-refractivity contribution in [1.29, 1.82) is 0 Å². The predicted molar refractivity (Wildman–Crippen MR) is 91.4 cm³/mol. The van der Waals surface area contributed by atoms with E-state index < -0.39 is 0 Å². The topological polar surface area (TPSA) is 75.2 Å². The first-order valence-corrected chi connectivity index (χ1v) is 9.33. The Morgan fingerprint density at radius 1 is 1.30 bits per heavy atom. The van der Waals surface area contributed by atoms with Crippen LogP contribution >= 0.6 is 11.8 Å². The van der Waals surface area contributed by atoms with E-state index in [1.165, 1.54) is 0 Å². The van der Waals surface area contributed by atoms with Gasteiger partial charge in [0.2, 0.25) is 5.91 Å². The first-order valence-electron chi connectivity index (χ1n) is 8.28. The molecule has 3 atom stereocenters. The maximum absolute atomic E-state index is 11.8. The third-order valence-corrected chi connectivity index (χ3v) is 5.95. The number of unbranched alkanes of at least 4 members (excludes halogenated alkanes) is 1. The van der Waals surface area contributed by atoms with Crippen molar-refractivity contribution in [1.82, 2.24) is 20.5 Å². The smallest absolute Gasteiger partial charge is 0.315 e. The number of carbonyl (C=O) groups excluding carboxylic acids is 2. The zero-order valence-corrected chi connectivity index (χ0v) is 14.0. The quantitative estimate of drug-likeness (QED) is 0.495. The van der Waals surface area contributed by atoms with Crippen molar-refractivity contribution in [2.75, 3.05) is 12.3 Å². The maximum Gasteiger partial charge on any atom is 0.315 e. The van der Waals surface area contributed by atoms with Crippen LogP contribution in [0.25, 0.3) is 0 Å². The summed E-state index contributed by atoms with van der Waals surface area (Å²) in [5.74, 6) is 1.12. The van der Waals surface area contributed by atoms with E-state index in [4.69, 9.17) is 0 Å². The molecular formula is C16H24N4O2S. The number of nitrogens with zero attached hydrogens (tertiary/aromatic N) is 1. The molecule has 0 bridgehead atoms. The fourth-order valence-electron chi connectivity index (χ4n) is 3.21. The van der Waals surface area contributed by atoms with Crippen LogP contribution in [0.2, 0.25) is 0 Å². The van der Waals surface area contributed by atoms with Crippen LogP contribution in [-0.4, -0.2) is 46.1 Å². The fourth-order valence-corrected chi connectivity index (χ4v) is 4.75. The molecule has 1 aromatic heterocycles. The molecule has 7 heteroatoms. The molecular weight excluding hydrogens is 312 g/mol. The molecule has 3 heterocycles. The van der Waals surface area contributed by atoms with E-state index in [2.05, 4.69) is 20.5 Å². The van der Waals surface area contributed by atoms with Crippen molar-refractivity contribution in [2.45, 2.75) is 49.6 Å². The normalized spacial score (nSPS) is 25.7. The van der Waals surface area contributed by atoms with Gasteiger partial charge in [-0.2, -0.15) is 11.8 Å². The van der Waals surface area contributed by atoms with E-state index in [1.807, 2.05) is 36.3 Å². The van der Waals surface area contributed by atoms with Crippen LogP contribution in [0.1, 0.15) is 25.7 Å². The lowest BCUT2D eigenvalue weighted by Gasteiger charge is -2.16. The van der Waals surface area contributed by atoms with Crippen LogP contribution in [0.4, 0.5) is 4.79 Å². The van der Waals surface area contributed by atoms with Crippen LogP contribution in [0.5, 0.6) is 0 Å². The molecule has 2 fully saturated rings. The van der Waals surface area contributed by atoms with Crippen molar-refractivity contribution in [3.63, 3.8) is 0 Å². The van der Waals surface area contributed by atoms with Gasteiger partial charge in [0.25, 0.3) is 0 Å². The number of fused-ring (bicyclic) bond motifs is 1. The van der Waals surface area contributed by atoms with Crippen molar-refractivity contribution < 1.29 is 9.59 Å². The number of hydrogen-bond donors (Lipinski definition) is 3. The Bertz CT molecular complexity index is 534. The lowest BCUT2D eigenvalue weighted by atomic mass is 10.0. The number of rotatable bonds is 8. The lowest BCUT2D eigenvalue weighted by molar-refractivity contribution is -0.121. The Hall–Kier alpha value is -1.63. The highest BCUT2D eigenvalue weighted by Crippen LogP contribution is 2.33. The van der Waals surface area contributed by atoms with E-state index in [9.17, 15) is 9.59 Å². The van der Waals surface area contributed by atoms with E-state index in [1.54, 1.807) is 0 Å². The zero-order chi connectivity index (χ0) is 16.1. The Kier molecular flexibility index (Phi) is 5.48. The first kappa shape index (κ1) is 16.2. The minimum absolute atomic E-state index is 0.0348. The summed E-state index contributed by atoms with van der Waals surface area (Å²) in [6.45, 7) is 1.49. The van der Waals surface area contributed by atoms with Gasteiger partial charge < -0.3 is 20.5 Å². The molecule has 0 spiro atoms. The number of aromatic nitrogens is 1. The maximum atomic E-state index is 11.8. The minimum atomic E-state index is -0.0348. The molecule has 0 unspecified atom stereocenters. The van der Waals surface area contributed by atoms with Gasteiger partial charge in [-0.15, -0.1) is 0 Å². The second kappa shape index (κ2) is 7.77.